The third-order valence-corrected chi connectivity index (χ3v) is 4.77. The second-order valence-electron chi connectivity index (χ2n) is 6.66. The highest BCUT2D eigenvalue weighted by molar-refractivity contribution is 5.98. The zero-order chi connectivity index (χ0) is 18.7. The number of hydrogen-bond acceptors (Lipinski definition) is 3. The fourth-order valence-electron chi connectivity index (χ4n) is 3.32. The van der Waals surface area contributed by atoms with Crippen molar-refractivity contribution in [3.8, 4) is 5.75 Å². The molecule has 0 unspecified atom stereocenters. The lowest BCUT2D eigenvalue weighted by atomic mass is 9.88. The van der Waals surface area contributed by atoms with Gasteiger partial charge in [0.15, 0.2) is 5.78 Å². The monoisotopic (exact) mass is 363 g/mol. The first kappa shape index (κ1) is 18.5. The van der Waals surface area contributed by atoms with E-state index in [0.717, 1.165) is 6.07 Å². The molecule has 0 spiro atoms. The quantitative estimate of drug-likeness (QED) is 0.813. The highest BCUT2D eigenvalue weighted by Gasteiger charge is 2.31. The number of nitrogens with zero attached hydrogens (tertiary/aromatic N) is 1. The normalized spacial score (nSPS) is 16.6. The predicted octanol–water partition coefficient (Wildman–Crippen LogP) is 4.51. The largest absolute Gasteiger partial charge is 0.508 e. The van der Waals surface area contributed by atoms with Gasteiger partial charge in [0.25, 0.3) is 0 Å². The fraction of sp³-hybridized carbons (Fsp3) is 0.350. The molecule has 0 bridgehead atoms. The fourth-order valence-corrected chi connectivity index (χ4v) is 3.32. The maximum atomic E-state index is 12.8. The molecule has 3 nitrogen and oxygen atoms in total. The van der Waals surface area contributed by atoms with Crippen LogP contribution in [0.5, 0.6) is 5.75 Å². The summed E-state index contributed by atoms with van der Waals surface area (Å²) in [4.78, 5) is 14.6. The van der Waals surface area contributed by atoms with Crippen LogP contribution in [0, 0.1) is 5.92 Å². The summed E-state index contributed by atoms with van der Waals surface area (Å²) in [5.74, 6) is 0.0958. The SMILES string of the molecule is O=C(c1ccc(O)cc1)C1CCN(Cc2cccc(C(F)(F)F)c2)CC1. The number of likely N-dealkylation sites (tertiary alicyclic amines) is 1. The molecule has 0 saturated carbocycles. The summed E-state index contributed by atoms with van der Waals surface area (Å²) < 4.78 is 38.4. The molecule has 26 heavy (non-hydrogen) atoms. The molecule has 1 N–H and O–H groups in total. The number of hydrogen-bond donors (Lipinski definition) is 1. The Morgan fingerprint density at radius 3 is 2.35 bits per heavy atom. The molecular formula is C20H20F3NO2. The van der Waals surface area contributed by atoms with Crippen LogP contribution in [0.2, 0.25) is 0 Å². The third kappa shape index (κ3) is 4.43. The van der Waals surface area contributed by atoms with Crippen LogP contribution >= 0.6 is 0 Å². The van der Waals surface area contributed by atoms with Crippen LogP contribution in [-0.2, 0) is 12.7 Å². The first-order valence-electron chi connectivity index (χ1n) is 8.54. The van der Waals surface area contributed by atoms with E-state index in [2.05, 4.69) is 4.90 Å². The average Bonchev–Trinajstić information content (AvgIpc) is 2.62. The van der Waals surface area contributed by atoms with Crippen LogP contribution in [0.15, 0.2) is 48.5 Å². The number of phenolic OH excluding ortho intramolecular Hbond substituents is 1. The van der Waals surface area contributed by atoms with Crippen molar-refractivity contribution in [2.75, 3.05) is 13.1 Å². The molecule has 1 aliphatic rings. The van der Waals surface area contributed by atoms with Crippen LogP contribution in [0.1, 0.15) is 34.3 Å². The van der Waals surface area contributed by atoms with Gasteiger partial charge in [-0.25, -0.2) is 0 Å². The highest BCUT2D eigenvalue weighted by Crippen LogP contribution is 2.30. The summed E-state index contributed by atoms with van der Waals surface area (Å²) in [6.07, 6.45) is -2.98. The number of ketones is 1. The van der Waals surface area contributed by atoms with Gasteiger partial charge in [0.05, 0.1) is 5.56 Å². The van der Waals surface area contributed by atoms with Gasteiger partial charge in [0.2, 0.25) is 0 Å². The molecule has 0 aliphatic carbocycles. The molecule has 0 amide bonds. The van der Waals surface area contributed by atoms with E-state index in [0.29, 0.717) is 43.6 Å². The Morgan fingerprint density at radius 2 is 1.73 bits per heavy atom. The standard InChI is InChI=1S/C20H20F3NO2/c21-20(22,23)17-3-1-2-14(12-17)13-24-10-8-16(9-11-24)19(26)15-4-6-18(25)7-5-15/h1-7,12,16,25H,8-11,13H2. The van der Waals surface area contributed by atoms with E-state index in [-0.39, 0.29) is 17.5 Å². The molecule has 2 aromatic rings. The molecule has 1 fully saturated rings. The van der Waals surface area contributed by atoms with Crippen LogP contribution in [-0.4, -0.2) is 28.9 Å². The van der Waals surface area contributed by atoms with Crippen molar-refractivity contribution in [2.45, 2.75) is 25.6 Å². The van der Waals surface area contributed by atoms with Crippen molar-refractivity contribution in [3.05, 3.63) is 65.2 Å². The number of alkyl halides is 3. The van der Waals surface area contributed by atoms with Crippen molar-refractivity contribution in [2.24, 2.45) is 5.92 Å². The highest BCUT2D eigenvalue weighted by atomic mass is 19.4. The number of Topliss-reactive ketones (excluding diaryl/α,β-unsaturated/α-hetero) is 1. The molecule has 0 radical (unpaired) electrons. The first-order valence-corrected chi connectivity index (χ1v) is 8.54. The summed E-state index contributed by atoms with van der Waals surface area (Å²) in [5.41, 5.74) is 0.578. The Kier molecular flexibility index (Phi) is 5.32. The number of rotatable bonds is 4. The second kappa shape index (κ2) is 7.50. The van der Waals surface area contributed by atoms with Gasteiger partial charge < -0.3 is 5.11 Å². The lowest BCUT2D eigenvalue weighted by Gasteiger charge is -2.31. The topological polar surface area (TPSA) is 40.5 Å². The molecule has 138 valence electrons. The van der Waals surface area contributed by atoms with Gasteiger partial charge in [0, 0.05) is 18.0 Å². The van der Waals surface area contributed by atoms with Gasteiger partial charge >= 0.3 is 6.18 Å². The smallest absolute Gasteiger partial charge is 0.416 e. The molecule has 1 saturated heterocycles. The summed E-state index contributed by atoms with van der Waals surface area (Å²) in [7, 11) is 0. The van der Waals surface area contributed by atoms with Gasteiger partial charge in [0.1, 0.15) is 5.75 Å². The zero-order valence-corrected chi connectivity index (χ0v) is 14.2. The number of phenols is 1. The Morgan fingerprint density at radius 1 is 1.08 bits per heavy atom. The summed E-state index contributed by atoms with van der Waals surface area (Å²) in [6.45, 7) is 1.79. The summed E-state index contributed by atoms with van der Waals surface area (Å²) in [6, 6.07) is 11.6. The van der Waals surface area contributed by atoms with Crippen LogP contribution < -0.4 is 0 Å². The molecule has 3 rings (SSSR count). The third-order valence-electron chi connectivity index (χ3n) is 4.77. The molecule has 6 heteroatoms. The number of benzene rings is 2. The average molecular weight is 363 g/mol. The lowest BCUT2D eigenvalue weighted by molar-refractivity contribution is -0.137. The maximum Gasteiger partial charge on any atom is 0.416 e. The van der Waals surface area contributed by atoms with E-state index >= 15 is 0 Å². The van der Waals surface area contributed by atoms with Gasteiger partial charge in [-0.2, -0.15) is 13.2 Å². The zero-order valence-electron chi connectivity index (χ0n) is 14.2. The van der Waals surface area contributed by atoms with Crippen LogP contribution in [0.4, 0.5) is 13.2 Å². The Labute approximate surface area is 150 Å². The van der Waals surface area contributed by atoms with Gasteiger partial charge in [-0.1, -0.05) is 18.2 Å². The van der Waals surface area contributed by atoms with Crippen LogP contribution in [0.3, 0.4) is 0 Å². The molecule has 2 aromatic carbocycles. The molecule has 1 aliphatic heterocycles. The van der Waals surface area contributed by atoms with Crippen molar-refractivity contribution >= 4 is 5.78 Å². The minimum absolute atomic E-state index is 0.0590. The van der Waals surface area contributed by atoms with E-state index in [1.54, 1.807) is 18.2 Å². The van der Waals surface area contributed by atoms with E-state index in [1.807, 2.05) is 0 Å². The maximum absolute atomic E-state index is 12.8. The number of carbonyl (C=O) groups excluding carboxylic acids is 1. The molecule has 0 aromatic heterocycles. The lowest BCUT2D eigenvalue weighted by Crippen LogP contribution is -2.36. The minimum atomic E-state index is -4.33. The van der Waals surface area contributed by atoms with E-state index < -0.39 is 11.7 Å². The molecular weight excluding hydrogens is 343 g/mol. The van der Waals surface area contributed by atoms with E-state index in [4.69, 9.17) is 0 Å². The predicted molar refractivity (Wildman–Crippen MR) is 91.9 cm³/mol. The van der Waals surface area contributed by atoms with Crippen molar-refractivity contribution in [1.29, 1.82) is 0 Å². The summed E-state index contributed by atoms with van der Waals surface area (Å²) in [5, 5.41) is 9.31. The van der Waals surface area contributed by atoms with Gasteiger partial charge in [-0.05, 0) is 61.8 Å². The molecule has 0 atom stereocenters. The Balaban J connectivity index is 1.57. The van der Waals surface area contributed by atoms with E-state index in [1.165, 1.54) is 24.3 Å². The number of aromatic hydroxyl groups is 1. The van der Waals surface area contributed by atoms with Crippen LogP contribution in [0.25, 0.3) is 0 Å². The summed E-state index contributed by atoms with van der Waals surface area (Å²) >= 11 is 0. The van der Waals surface area contributed by atoms with Crippen molar-refractivity contribution in [3.63, 3.8) is 0 Å². The minimum Gasteiger partial charge on any atom is -0.508 e. The number of carbonyl (C=O) groups is 1. The second-order valence-corrected chi connectivity index (χ2v) is 6.66. The van der Waals surface area contributed by atoms with E-state index in [9.17, 15) is 23.1 Å². The Bertz CT molecular complexity index is 763. The Hall–Kier alpha value is -2.34. The first-order chi connectivity index (χ1) is 12.3. The molecule has 1 heterocycles. The van der Waals surface area contributed by atoms with Crippen molar-refractivity contribution in [1.82, 2.24) is 4.90 Å². The van der Waals surface area contributed by atoms with Gasteiger partial charge in [-0.15, -0.1) is 0 Å². The van der Waals surface area contributed by atoms with Crippen molar-refractivity contribution < 1.29 is 23.1 Å². The number of halogens is 3. The number of piperidine rings is 1. The van der Waals surface area contributed by atoms with Gasteiger partial charge in [-0.3, -0.25) is 9.69 Å².